The lowest BCUT2D eigenvalue weighted by Crippen LogP contribution is -2.37. The number of carbonyl (C=O) groups is 2. The molecule has 1 aliphatic heterocycles. The first-order valence-corrected chi connectivity index (χ1v) is 9.67. The lowest BCUT2D eigenvalue weighted by atomic mass is 10.2. The molecule has 3 aromatic rings. The Hall–Kier alpha value is -3.56. The lowest BCUT2D eigenvalue weighted by molar-refractivity contribution is -0.274. The largest absolute Gasteiger partial charge is 0.573 e. The molecule has 7 nitrogen and oxygen atoms in total. The van der Waals surface area contributed by atoms with Crippen molar-refractivity contribution in [1.82, 2.24) is 19.8 Å². The van der Waals surface area contributed by atoms with Gasteiger partial charge in [0, 0.05) is 61.1 Å². The zero-order valence-corrected chi connectivity index (χ0v) is 16.4. The second-order valence-electron chi connectivity index (χ2n) is 7.15. The van der Waals surface area contributed by atoms with Crippen LogP contribution in [-0.2, 0) is 0 Å². The van der Waals surface area contributed by atoms with Crippen LogP contribution in [0.4, 0.5) is 13.2 Å². The third kappa shape index (κ3) is 4.79. The van der Waals surface area contributed by atoms with Crippen LogP contribution < -0.4 is 4.74 Å². The fourth-order valence-corrected chi connectivity index (χ4v) is 3.59. The maximum Gasteiger partial charge on any atom is 0.573 e. The van der Waals surface area contributed by atoms with Crippen molar-refractivity contribution in [2.45, 2.75) is 12.8 Å². The standard InChI is InChI=1S/C21H19F3N4O3/c22-21(23,24)31-16-3-2-15-12-18(26-17(15)13-16)20(30)28-9-1-8-27(10-11-28)19(29)14-4-6-25-7-5-14/h2-7,12-13,26H,1,8-11H2. The molecule has 1 N–H and O–H groups in total. The number of benzene rings is 1. The zero-order valence-electron chi connectivity index (χ0n) is 16.4. The molecule has 3 heterocycles. The van der Waals surface area contributed by atoms with Gasteiger partial charge in [-0.15, -0.1) is 13.2 Å². The molecule has 162 valence electrons. The smallest absolute Gasteiger partial charge is 0.406 e. The van der Waals surface area contributed by atoms with E-state index in [1.807, 2.05) is 0 Å². The van der Waals surface area contributed by atoms with Gasteiger partial charge in [-0.3, -0.25) is 14.6 Å². The van der Waals surface area contributed by atoms with Crippen LogP contribution in [-0.4, -0.2) is 64.1 Å². The van der Waals surface area contributed by atoms with Crippen LogP contribution in [0.25, 0.3) is 10.9 Å². The fourth-order valence-electron chi connectivity index (χ4n) is 3.59. The van der Waals surface area contributed by atoms with Crippen LogP contribution in [0.3, 0.4) is 0 Å². The first kappa shape index (κ1) is 20.7. The highest BCUT2D eigenvalue weighted by molar-refractivity contribution is 5.98. The number of H-pyrrole nitrogens is 1. The van der Waals surface area contributed by atoms with Gasteiger partial charge in [0.2, 0.25) is 0 Å². The van der Waals surface area contributed by atoms with Gasteiger partial charge in [0.25, 0.3) is 11.8 Å². The molecule has 0 radical (unpaired) electrons. The zero-order chi connectivity index (χ0) is 22.0. The van der Waals surface area contributed by atoms with Gasteiger partial charge in [-0.2, -0.15) is 0 Å². The van der Waals surface area contributed by atoms with Crippen molar-refractivity contribution in [3.63, 3.8) is 0 Å². The minimum absolute atomic E-state index is 0.112. The number of alkyl halides is 3. The molecule has 4 rings (SSSR count). The van der Waals surface area contributed by atoms with E-state index in [1.165, 1.54) is 18.2 Å². The molecule has 0 unspecified atom stereocenters. The topological polar surface area (TPSA) is 78.5 Å². The molecule has 1 saturated heterocycles. The van der Waals surface area contributed by atoms with Gasteiger partial charge in [0.15, 0.2) is 0 Å². The van der Waals surface area contributed by atoms with Gasteiger partial charge in [0.1, 0.15) is 11.4 Å². The number of halogens is 3. The van der Waals surface area contributed by atoms with Crippen molar-refractivity contribution < 1.29 is 27.5 Å². The van der Waals surface area contributed by atoms with E-state index in [4.69, 9.17) is 0 Å². The maximum absolute atomic E-state index is 13.0. The van der Waals surface area contributed by atoms with Crippen molar-refractivity contribution in [2.75, 3.05) is 26.2 Å². The van der Waals surface area contributed by atoms with Crippen LogP contribution in [0.15, 0.2) is 48.8 Å². The maximum atomic E-state index is 13.0. The molecule has 1 fully saturated rings. The molecule has 0 aliphatic carbocycles. The van der Waals surface area contributed by atoms with E-state index in [9.17, 15) is 22.8 Å². The van der Waals surface area contributed by atoms with Gasteiger partial charge in [-0.05, 0) is 36.8 Å². The normalized spacial score (nSPS) is 15.1. The fraction of sp³-hybridized carbons (Fsp3) is 0.286. The van der Waals surface area contributed by atoms with E-state index in [2.05, 4.69) is 14.7 Å². The molecular weight excluding hydrogens is 413 g/mol. The summed E-state index contributed by atoms with van der Waals surface area (Å²) < 4.78 is 41.2. The van der Waals surface area contributed by atoms with E-state index < -0.39 is 6.36 Å². The van der Waals surface area contributed by atoms with Crippen molar-refractivity contribution in [2.24, 2.45) is 0 Å². The van der Waals surface area contributed by atoms with Crippen LogP contribution in [0.1, 0.15) is 27.3 Å². The molecule has 10 heteroatoms. The Labute approximate surface area is 175 Å². The summed E-state index contributed by atoms with van der Waals surface area (Å²) >= 11 is 0. The number of nitrogens with one attached hydrogen (secondary N) is 1. The predicted octanol–water partition coefficient (Wildman–Crippen LogP) is 3.45. The second kappa shape index (κ2) is 8.29. The molecule has 0 bridgehead atoms. The Morgan fingerprint density at radius 3 is 2.29 bits per heavy atom. The number of hydrogen-bond acceptors (Lipinski definition) is 4. The van der Waals surface area contributed by atoms with E-state index >= 15 is 0 Å². The highest BCUT2D eigenvalue weighted by Crippen LogP contribution is 2.27. The van der Waals surface area contributed by atoms with Crippen molar-refractivity contribution >= 4 is 22.7 Å². The van der Waals surface area contributed by atoms with Crippen LogP contribution in [0, 0.1) is 0 Å². The van der Waals surface area contributed by atoms with E-state index in [-0.39, 0.29) is 23.3 Å². The van der Waals surface area contributed by atoms with Crippen LogP contribution in [0.5, 0.6) is 5.75 Å². The number of fused-ring (bicyclic) bond motifs is 1. The number of ether oxygens (including phenoxy) is 1. The Kier molecular flexibility index (Phi) is 5.53. The average Bonchev–Trinajstić information content (AvgIpc) is 3.00. The molecule has 1 aliphatic rings. The highest BCUT2D eigenvalue weighted by atomic mass is 19.4. The molecular formula is C21H19F3N4O3. The summed E-state index contributed by atoms with van der Waals surface area (Å²) in [5.74, 6) is -0.743. The summed E-state index contributed by atoms with van der Waals surface area (Å²) in [6.45, 7) is 1.73. The quantitative estimate of drug-likeness (QED) is 0.688. The number of rotatable bonds is 3. The summed E-state index contributed by atoms with van der Waals surface area (Å²) in [7, 11) is 0. The summed E-state index contributed by atoms with van der Waals surface area (Å²) in [4.78, 5) is 35.7. The number of nitrogens with zero attached hydrogens (tertiary/aromatic N) is 3. The van der Waals surface area contributed by atoms with E-state index in [1.54, 1.807) is 40.4 Å². The molecule has 0 spiro atoms. The van der Waals surface area contributed by atoms with Crippen LogP contribution in [0.2, 0.25) is 0 Å². The summed E-state index contributed by atoms with van der Waals surface area (Å²) in [6.07, 6.45) is -1.05. The van der Waals surface area contributed by atoms with E-state index in [0.29, 0.717) is 49.1 Å². The average molecular weight is 432 g/mol. The Morgan fingerprint density at radius 2 is 1.61 bits per heavy atom. The number of hydrogen-bond donors (Lipinski definition) is 1. The molecule has 2 aromatic heterocycles. The van der Waals surface area contributed by atoms with Crippen molar-refractivity contribution in [3.8, 4) is 5.75 Å². The number of aromatic nitrogens is 2. The molecule has 31 heavy (non-hydrogen) atoms. The van der Waals surface area contributed by atoms with Crippen molar-refractivity contribution in [1.29, 1.82) is 0 Å². The number of carbonyl (C=O) groups excluding carboxylic acids is 2. The number of pyridine rings is 1. The first-order valence-electron chi connectivity index (χ1n) is 9.67. The van der Waals surface area contributed by atoms with Gasteiger partial charge in [0.05, 0.1) is 0 Å². The molecule has 2 amide bonds. The second-order valence-corrected chi connectivity index (χ2v) is 7.15. The Bertz CT molecular complexity index is 1100. The summed E-state index contributed by atoms with van der Waals surface area (Å²) in [6, 6.07) is 8.76. The minimum Gasteiger partial charge on any atom is -0.406 e. The number of amides is 2. The summed E-state index contributed by atoms with van der Waals surface area (Å²) in [5, 5.41) is 0.599. The van der Waals surface area contributed by atoms with Crippen LogP contribution >= 0.6 is 0 Å². The van der Waals surface area contributed by atoms with Gasteiger partial charge in [-0.1, -0.05) is 0 Å². The van der Waals surface area contributed by atoms with Gasteiger partial charge < -0.3 is 19.5 Å². The van der Waals surface area contributed by atoms with E-state index in [0.717, 1.165) is 0 Å². The predicted molar refractivity (Wildman–Crippen MR) is 106 cm³/mol. The Morgan fingerprint density at radius 1 is 0.935 bits per heavy atom. The third-order valence-electron chi connectivity index (χ3n) is 5.06. The first-order chi connectivity index (χ1) is 14.8. The third-order valence-corrected chi connectivity index (χ3v) is 5.06. The molecule has 0 saturated carbocycles. The van der Waals surface area contributed by atoms with Gasteiger partial charge >= 0.3 is 6.36 Å². The Balaban J connectivity index is 1.45. The lowest BCUT2D eigenvalue weighted by Gasteiger charge is -2.22. The SMILES string of the molecule is O=C(c1ccncc1)N1CCCN(C(=O)c2cc3ccc(OC(F)(F)F)cc3[nH]2)CC1. The molecule has 1 aromatic carbocycles. The van der Waals surface area contributed by atoms with Crippen molar-refractivity contribution in [3.05, 3.63) is 60.0 Å². The number of aromatic amines is 1. The van der Waals surface area contributed by atoms with Gasteiger partial charge in [-0.25, -0.2) is 0 Å². The minimum atomic E-state index is -4.79. The molecule has 0 atom stereocenters. The highest BCUT2D eigenvalue weighted by Gasteiger charge is 2.31. The summed E-state index contributed by atoms with van der Waals surface area (Å²) in [5.41, 5.74) is 1.18. The monoisotopic (exact) mass is 432 g/mol.